The van der Waals surface area contributed by atoms with Crippen molar-refractivity contribution in [1.29, 1.82) is 0 Å². The van der Waals surface area contributed by atoms with E-state index in [1.165, 1.54) is 0 Å². The van der Waals surface area contributed by atoms with E-state index in [4.69, 9.17) is 15.2 Å². The maximum absolute atomic E-state index is 12.3. The molecular formula is C20H32N6O5. The summed E-state index contributed by atoms with van der Waals surface area (Å²) in [6.45, 7) is 8.53. The standard InChI is InChI=1S/C20H32N6O5/c1-20(2,3)31-19(29)26-10-8-25(9-11-26)16-14(21)15(17(27)28)22-18(23-16)30-12-13-6-5-7-24(13)4/h13H,5-12,21H2,1-4H3,(H,27,28)/t13-/m0/s1. The zero-order valence-corrected chi connectivity index (χ0v) is 18.6. The monoisotopic (exact) mass is 436 g/mol. The molecule has 11 nitrogen and oxygen atoms in total. The minimum Gasteiger partial charge on any atom is -0.476 e. The van der Waals surface area contributed by atoms with E-state index in [0.29, 0.717) is 38.6 Å². The third kappa shape index (κ3) is 5.66. The quantitative estimate of drug-likeness (QED) is 0.695. The van der Waals surface area contributed by atoms with Crippen LogP contribution in [-0.4, -0.2) is 95.0 Å². The van der Waals surface area contributed by atoms with Crippen molar-refractivity contribution in [3.63, 3.8) is 0 Å². The fourth-order valence-corrected chi connectivity index (χ4v) is 3.69. The molecule has 0 saturated carbocycles. The number of aromatic nitrogens is 2. The smallest absolute Gasteiger partial charge is 0.410 e. The second kappa shape index (κ2) is 9.13. The summed E-state index contributed by atoms with van der Waals surface area (Å²) in [6.07, 6.45) is 1.73. The number of carboxylic acids is 1. The number of anilines is 2. The fourth-order valence-electron chi connectivity index (χ4n) is 3.69. The average Bonchev–Trinajstić information content (AvgIpc) is 3.10. The maximum Gasteiger partial charge on any atom is 0.410 e. The van der Waals surface area contributed by atoms with Crippen LogP contribution in [0.15, 0.2) is 0 Å². The lowest BCUT2D eigenvalue weighted by Gasteiger charge is -2.36. The van der Waals surface area contributed by atoms with Gasteiger partial charge in [-0.1, -0.05) is 0 Å². The normalized spacial score (nSPS) is 20.1. The first kappa shape index (κ1) is 22.9. The maximum atomic E-state index is 12.3. The molecule has 3 heterocycles. The van der Waals surface area contributed by atoms with Crippen molar-refractivity contribution < 1.29 is 24.2 Å². The van der Waals surface area contributed by atoms with E-state index in [0.717, 1.165) is 19.4 Å². The SMILES string of the molecule is CN1CCC[C@H]1COc1nc(C(=O)O)c(N)c(N2CCN(C(=O)OC(C)(C)C)CC2)n1. The van der Waals surface area contributed by atoms with Crippen LogP contribution in [-0.2, 0) is 4.74 Å². The van der Waals surface area contributed by atoms with Crippen molar-refractivity contribution in [2.45, 2.75) is 45.3 Å². The molecule has 2 fully saturated rings. The van der Waals surface area contributed by atoms with Gasteiger partial charge in [-0.05, 0) is 47.2 Å². The highest BCUT2D eigenvalue weighted by atomic mass is 16.6. The molecule has 172 valence electrons. The summed E-state index contributed by atoms with van der Waals surface area (Å²) in [5.41, 5.74) is 5.22. The summed E-state index contributed by atoms with van der Waals surface area (Å²) < 4.78 is 11.2. The molecule has 1 aromatic rings. The van der Waals surface area contributed by atoms with E-state index >= 15 is 0 Å². The number of piperazine rings is 1. The van der Waals surface area contributed by atoms with Crippen molar-refractivity contribution in [1.82, 2.24) is 19.8 Å². The first-order valence-corrected chi connectivity index (χ1v) is 10.5. The number of nitrogens with zero attached hydrogens (tertiary/aromatic N) is 5. The van der Waals surface area contributed by atoms with Gasteiger partial charge in [0.1, 0.15) is 17.9 Å². The van der Waals surface area contributed by atoms with E-state index in [1.54, 1.807) is 4.90 Å². The van der Waals surface area contributed by atoms with Crippen LogP contribution in [0.5, 0.6) is 6.01 Å². The summed E-state index contributed by atoms with van der Waals surface area (Å²) in [4.78, 5) is 38.0. The Balaban J connectivity index is 1.72. The number of carbonyl (C=O) groups is 2. The lowest BCUT2D eigenvalue weighted by Crippen LogP contribution is -2.50. The molecule has 2 aliphatic rings. The van der Waals surface area contributed by atoms with Crippen LogP contribution in [0.25, 0.3) is 0 Å². The van der Waals surface area contributed by atoms with Crippen molar-refractivity contribution in [2.24, 2.45) is 0 Å². The molecule has 1 amide bonds. The molecule has 2 aliphatic heterocycles. The fraction of sp³-hybridized carbons (Fsp3) is 0.700. The van der Waals surface area contributed by atoms with Crippen LogP contribution in [0.3, 0.4) is 0 Å². The number of nitrogen functional groups attached to an aromatic ring is 1. The first-order valence-electron chi connectivity index (χ1n) is 10.5. The number of aromatic carboxylic acids is 1. The van der Waals surface area contributed by atoms with Gasteiger partial charge in [0.15, 0.2) is 11.5 Å². The lowest BCUT2D eigenvalue weighted by atomic mass is 10.2. The summed E-state index contributed by atoms with van der Waals surface area (Å²) in [5, 5.41) is 9.54. The van der Waals surface area contributed by atoms with Crippen LogP contribution in [0.2, 0.25) is 0 Å². The summed E-state index contributed by atoms with van der Waals surface area (Å²) >= 11 is 0. The number of carboxylic acid groups (broad SMARTS) is 1. The number of ether oxygens (including phenoxy) is 2. The number of carbonyl (C=O) groups excluding carboxylic acids is 1. The highest BCUT2D eigenvalue weighted by Gasteiger charge is 2.29. The second-order valence-electron chi connectivity index (χ2n) is 8.94. The van der Waals surface area contributed by atoms with Gasteiger partial charge in [0, 0.05) is 32.2 Å². The zero-order valence-electron chi connectivity index (χ0n) is 18.6. The summed E-state index contributed by atoms with van der Waals surface area (Å²) in [5.74, 6) is -0.928. The van der Waals surface area contributed by atoms with Gasteiger partial charge in [0.25, 0.3) is 0 Å². The van der Waals surface area contributed by atoms with E-state index in [-0.39, 0.29) is 29.5 Å². The van der Waals surface area contributed by atoms with Crippen LogP contribution >= 0.6 is 0 Å². The Labute approximate surface area is 182 Å². The predicted octanol–water partition coefficient (Wildman–Crippen LogP) is 1.29. The Bertz CT molecular complexity index is 819. The average molecular weight is 437 g/mol. The van der Waals surface area contributed by atoms with E-state index < -0.39 is 11.6 Å². The van der Waals surface area contributed by atoms with Crippen LogP contribution in [0.4, 0.5) is 16.3 Å². The molecule has 11 heteroatoms. The molecule has 31 heavy (non-hydrogen) atoms. The second-order valence-corrected chi connectivity index (χ2v) is 8.94. The Morgan fingerprint density at radius 1 is 1.16 bits per heavy atom. The number of hydrogen-bond acceptors (Lipinski definition) is 9. The van der Waals surface area contributed by atoms with Gasteiger partial charge >= 0.3 is 18.1 Å². The topological polar surface area (TPSA) is 134 Å². The van der Waals surface area contributed by atoms with Crippen LogP contribution < -0.4 is 15.4 Å². The van der Waals surface area contributed by atoms with Crippen molar-refractivity contribution >= 4 is 23.6 Å². The summed E-state index contributed by atoms with van der Waals surface area (Å²) in [6, 6.07) is 0.242. The Morgan fingerprint density at radius 2 is 1.84 bits per heavy atom. The van der Waals surface area contributed by atoms with Gasteiger partial charge in [-0.15, -0.1) is 0 Å². The number of amides is 1. The zero-order chi connectivity index (χ0) is 22.8. The van der Waals surface area contributed by atoms with E-state index in [9.17, 15) is 14.7 Å². The van der Waals surface area contributed by atoms with Crippen LogP contribution in [0.1, 0.15) is 44.1 Å². The largest absolute Gasteiger partial charge is 0.476 e. The number of rotatable bonds is 5. The van der Waals surface area contributed by atoms with E-state index in [1.807, 2.05) is 32.7 Å². The van der Waals surface area contributed by atoms with Gasteiger partial charge in [-0.25, -0.2) is 9.59 Å². The minimum absolute atomic E-state index is 0.00327. The molecule has 3 rings (SSSR count). The molecule has 1 atom stereocenters. The lowest BCUT2D eigenvalue weighted by molar-refractivity contribution is 0.0240. The number of likely N-dealkylation sites (tertiary alicyclic amines) is 1. The highest BCUT2D eigenvalue weighted by molar-refractivity contribution is 5.94. The van der Waals surface area contributed by atoms with Gasteiger partial charge in [-0.2, -0.15) is 9.97 Å². The third-order valence-corrected chi connectivity index (χ3v) is 5.41. The molecule has 0 spiro atoms. The van der Waals surface area contributed by atoms with Crippen molar-refractivity contribution in [2.75, 3.05) is 57.0 Å². The van der Waals surface area contributed by atoms with E-state index in [2.05, 4.69) is 14.9 Å². The Hall–Kier alpha value is -2.82. The third-order valence-electron chi connectivity index (χ3n) is 5.41. The Kier molecular flexibility index (Phi) is 6.73. The van der Waals surface area contributed by atoms with Gasteiger partial charge < -0.3 is 35.0 Å². The number of likely N-dealkylation sites (N-methyl/N-ethyl adjacent to an activating group) is 1. The molecule has 2 saturated heterocycles. The molecule has 0 bridgehead atoms. The van der Waals surface area contributed by atoms with Crippen LogP contribution in [0, 0.1) is 0 Å². The highest BCUT2D eigenvalue weighted by Crippen LogP contribution is 2.28. The molecule has 0 aliphatic carbocycles. The minimum atomic E-state index is -1.24. The Morgan fingerprint density at radius 3 is 2.39 bits per heavy atom. The predicted molar refractivity (Wildman–Crippen MR) is 115 cm³/mol. The van der Waals surface area contributed by atoms with Gasteiger partial charge in [0.05, 0.1) is 0 Å². The van der Waals surface area contributed by atoms with Crippen molar-refractivity contribution in [3.05, 3.63) is 5.69 Å². The number of nitrogens with two attached hydrogens (primary N) is 1. The molecular weight excluding hydrogens is 404 g/mol. The molecule has 0 unspecified atom stereocenters. The van der Waals surface area contributed by atoms with Gasteiger partial charge in [-0.3, -0.25) is 0 Å². The summed E-state index contributed by atoms with van der Waals surface area (Å²) in [7, 11) is 2.03. The molecule has 0 aromatic carbocycles. The molecule has 1 aromatic heterocycles. The number of hydrogen-bond donors (Lipinski definition) is 2. The first-order chi connectivity index (χ1) is 14.5. The van der Waals surface area contributed by atoms with Crippen molar-refractivity contribution in [3.8, 4) is 6.01 Å². The van der Waals surface area contributed by atoms with Gasteiger partial charge in [0.2, 0.25) is 0 Å². The molecule has 0 radical (unpaired) electrons. The molecule has 3 N–H and O–H groups in total.